The summed E-state index contributed by atoms with van der Waals surface area (Å²) in [6.45, 7) is 2.07. The van der Waals surface area contributed by atoms with E-state index in [9.17, 15) is 9.59 Å². The number of rotatable bonds is 5. The molecule has 0 unspecified atom stereocenters. The molecular formula is C15H14ClN5O3. The molecule has 0 aliphatic rings. The minimum Gasteiger partial charge on any atom is -0.478 e. The number of benzene rings is 1. The molecule has 8 nitrogen and oxygen atoms in total. The van der Waals surface area contributed by atoms with E-state index in [4.69, 9.17) is 16.7 Å². The third kappa shape index (κ3) is 2.83. The van der Waals surface area contributed by atoms with Crippen molar-refractivity contribution >= 4 is 29.1 Å². The maximum absolute atomic E-state index is 12.2. The number of nitrogens with zero attached hydrogens (tertiary/aromatic N) is 3. The molecule has 3 rings (SSSR count). The van der Waals surface area contributed by atoms with Gasteiger partial charge in [0.2, 0.25) is 0 Å². The number of amides is 1. The number of hydrogen-bond donors (Lipinski definition) is 3. The molecular weight excluding hydrogens is 334 g/mol. The Morgan fingerprint density at radius 2 is 2.04 bits per heavy atom. The molecule has 1 aromatic carbocycles. The molecule has 3 aromatic rings. The third-order valence-electron chi connectivity index (χ3n) is 3.56. The van der Waals surface area contributed by atoms with Crippen molar-refractivity contribution in [3.63, 3.8) is 0 Å². The lowest BCUT2D eigenvalue weighted by molar-refractivity contribution is 0.0691. The van der Waals surface area contributed by atoms with Crippen LogP contribution in [0.4, 0.5) is 0 Å². The first-order valence-electron chi connectivity index (χ1n) is 7.17. The summed E-state index contributed by atoms with van der Waals surface area (Å²) < 4.78 is 1.59. The summed E-state index contributed by atoms with van der Waals surface area (Å²) in [5, 5.41) is 23.5. The lowest BCUT2D eigenvalue weighted by Gasteiger charge is -2.06. The number of aryl methyl sites for hydroxylation is 1. The number of carboxylic acid groups (broad SMARTS) is 1. The van der Waals surface area contributed by atoms with Crippen LogP contribution in [0.15, 0.2) is 24.3 Å². The van der Waals surface area contributed by atoms with Crippen molar-refractivity contribution in [2.24, 2.45) is 0 Å². The monoisotopic (exact) mass is 347 g/mol. The number of halogens is 1. The van der Waals surface area contributed by atoms with E-state index >= 15 is 0 Å². The Bertz CT molecular complexity index is 930. The zero-order chi connectivity index (χ0) is 17.3. The lowest BCUT2D eigenvalue weighted by Crippen LogP contribution is -2.27. The minimum atomic E-state index is -1.14. The van der Waals surface area contributed by atoms with Gasteiger partial charge in [0.05, 0.1) is 16.8 Å². The van der Waals surface area contributed by atoms with Gasteiger partial charge in [0.15, 0.2) is 11.5 Å². The lowest BCUT2D eigenvalue weighted by atomic mass is 10.1. The Balaban J connectivity index is 1.69. The number of aromatic amines is 1. The molecule has 124 valence electrons. The van der Waals surface area contributed by atoms with Gasteiger partial charge in [-0.15, -0.1) is 0 Å². The fourth-order valence-electron chi connectivity index (χ4n) is 2.37. The summed E-state index contributed by atoms with van der Waals surface area (Å²) in [4.78, 5) is 23.3. The van der Waals surface area contributed by atoms with Gasteiger partial charge >= 0.3 is 5.97 Å². The van der Waals surface area contributed by atoms with Crippen LogP contribution < -0.4 is 5.32 Å². The first-order chi connectivity index (χ1) is 11.5. The Kier molecular flexibility index (Phi) is 4.22. The van der Waals surface area contributed by atoms with Gasteiger partial charge in [-0.3, -0.25) is 9.89 Å². The standard InChI is InChI=1S/C15H14ClN5O3/c1-8-12(16)13-19-18-11(21(13)20-8)6-7-17-14(22)9-4-2-3-5-10(9)15(23)24/h2-5,19H,6-7H2,1H3,(H,17,22)(H,23,24). The van der Waals surface area contributed by atoms with Gasteiger partial charge in [-0.25, -0.2) is 4.79 Å². The predicted octanol–water partition coefficient (Wildman–Crippen LogP) is 1.69. The van der Waals surface area contributed by atoms with Gasteiger partial charge in [0.1, 0.15) is 5.02 Å². The first kappa shape index (κ1) is 16.0. The number of fused-ring (bicyclic) bond motifs is 1. The van der Waals surface area contributed by atoms with Crippen LogP contribution in [0.25, 0.3) is 5.65 Å². The summed E-state index contributed by atoms with van der Waals surface area (Å²) in [5.74, 6) is -0.974. The van der Waals surface area contributed by atoms with Gasteiger partial charge in [0, 0.05) is 13.0 Å². The number of hydrogen-bond acceptors (Lipinski definition) is 4. The highest BCUT2D eigenvalue weighted by molar-refractivity contribution is 6.34. The Hall–Kier alpha value is -2.87. The molecule has 0 spiro atoms. The second kappa shape index (κ2) is 6.32. The van der Waals surface area contributed by atoms with Crippen LogP contribution in [-0.4, -0.2) is 43.3 Å². The molecule has 1 amide bonds. The normalized spacial score (nSPS) is 10.9. The number of carbonyl (C=O) groups is 2. The highest BCUT2D eigenvalue weighted by Crippen LogP contribution is 2.19. The van der Waals surface area contributed by atoms with Gasteiger partial charge in [-0.2, -0.15) is 14.7 Å². The molecule has 0 radical (unpaired) electrons. The zero-order valence-corrected chi connectivity index (χ0v) is 13.5. The fourth-order valence-corrected chi connectivity index (χ4v) is 2.53. The maximum Gasteiger partial charge on any atom is 0.336 e. The van der Waals surface area contributed by atoms with E-state index in [-0.39, 0.29) is 17.7 Å². The van der Waals surface area contributed by atoms with Gasteiger partial charge in [-0.1, -0.05) is 23.7 Å². The summed E-state index contributed by atoms with van der Waals surface area (Å²) in [5.41, 5.74) is 1.37. The fraction of sp³-hybridized carbons (Fsp3) is 0.200. The molecule has 0 bridgehead atoms. The molecule has 2 heterocycles. The van der Waals surface area contributed by atoms with Crippen molar-refractivity contribution in [3.05, 3.63) is 51.9 Å². The van der Waals surface area contributed by atoms with Gasteiger partial charge in [-0.05, 0) is 19.1 Å². The molecule has 0 aliphatic carbocycles. The third-order valence-corrected chi connectivity index (χ3v) is 4.01. The average Bonchev–Trinajstić information content (AvgIpc) is 3.08. The molecule has 0 saturated carbocycles. The maximum atomic E-state index is 12.2. The van der Waals surface area contributed by atoms with Crippen molar-refractivity contribution in [1.29, 1.82) is 0 Å². The number of aromatic carboxylic acids is 1. The summed E-state index contributed by atoms with van der Waals surface area (Å²) >= 11 is 6.09. The summed E-state index contributed by atoms with van der Waals surface area (Å²) in [6.07, 6.45) is 0.415. The number of carbonyl (C=O) groups excluding carboxylic acids is 1. The molecule has 0 fully saturated rings. The number of carboxylic acids is 1. The summed E-state index contributed by atoms with van der Waals surface area (Å²) in [7, 11) is 0. The first-order valence-corrected chi connectivity index (χ1v) is 7.55. The molecule has 2 aromatic heterocycles. The SMILES string of the molecule is Cc1nn2c(CCNC(=O)c3ccccc3C(=O)O)n[nH]c2c1Cl. The van der Waals surface area contributed by atoms with Crippen LogP contribution in [0.3, 0.4) is 0 Å². The predicted molar refractivity (Wildman–Crippen MR) is 86.5 cm³/mol. The second-order valence-electron chi connectivity index (χ2n) is 5.16. The van der Waals surface area contributed by atoms with E-state index in [2.05, 4.69) is 20.6 Å². The number of H-pyrrole nitrogens is 1. The van der Waals surface area contributed by atoms with Gasteiger partial charge < -0.3 is 10.4 Å². The topological polar surface area (TPSA) is 112 Å². The Labute approximate surface area is 141 Å². The van der Waals surface area contributed by atoms with Crippen LogP contribution in [-0.2, 0) is 6.42 Å². The minimum absolute atomic E-state index is 0.0355. The molecule has 0 saturated heterocycles. The van der Waals surface area contributed by atoms with E-state index in [1.165, 1.54) is 12.1 Å². The average molecular weight is 348 g/mol. The largest absolute Gasteiger partial charge is 0.478 e. The molecule has 3 N–H and O–H groups in total. The van der Waals surface area contributed by atoms with E-state index in [0.717, 1.165) is 0 Å². The quantitative estimate of drug-likeness (QED) is 0.650. The van der Waals surface area contributed by atoms with Crippen LogP contribution in [0.5, 0.6) is 0 Å². The van der Waals surface area contributed by atoms with E-state index in [1.807, 2.05) is 0 Å². The highest BCUT2D eigenvalue weighted by atomic mass is 35.5. The zero-order valence-electron chi connectivity index (χ0n) is 12.7. The molecule has 9 heteroatoms. The Morgan fingerprint density at radius 1 is 1.33 bits per heavy atom. The van der Waals surface area contributed by atoms with Crippen molar-refractivity contribution in [2.75, 3.05) is 6.54 Å². The smallest absolute Gasteiger partial charge is 0.336 e. The number of aromatic nitrogens is 4. The van der Waals surface area contributed by atoms with Crippen molar-refractivity contribution in [1.82, 2.24) is 25.1 Å². The van der Waals surface area contributed by atoms with Crippen LogP contribution in [0.1, 0.15) is 32.2 Å². The van der Waals surface area contributed by atoms with E-state index in [0.29, 0.717) is 28.6 Å². The molecule has 24 heavy (non-hydrogen) atoms. The van der Waals surface area contributed by atoms with E-state index < -0.39 is 11.9 Å². The summed E-state index contributed by atoms with van der Waals surface area (Å²) in [6, 6.07) is 6.06. The second-order valence-corrected chi connectivity index (χ2v) is 5.53. The number of nitrogens with one attached hydrogen (secondary N) is 2. The van der Waals surface area contributed by atoms with Crippen molar-refractivity contribution in [3.8, 4) is 0 Å². The van der Waals surface area contributed by atoms with Crippen molar-refractivity contribution in [2.45, 2.75) is 13.3 Å². The van der Waals surface area contributed by atoms with Crippen LogP contribution in [0, 0.1) is 6.92 Å². The van der Waals surface area contributed by atoms with Crippen LogP contribution >= 0.6 is 11.6 Å². The Morgan fingerprint density at radius 3 is 2.75 bits per heavy atom. The molecule has 0 aliphatic heterocycles. The highest BCUT2D eigenvalue weighted by Gasteiger charge is 2.16. The molecule has 0 atom stereocenters. The van der Waals surface area contributed by atoms with E-state index in [1.54, 1.807) is 23.6 Å². The van der Waals surface area contributed by atoms with Crippen LogP contribution in [0.2, 0.25) is 5.02 Å². The van der Waals surface area contributed by atoms with Gasteiger partial charge in [0.25, 0.3) is 5.91 Å². The van der Waals surface area contributed by atoms with Crippen molar-refractivity contribution < 1.29 is 14.7 Å².